The van der Waals surface area contributed by atoms with Crippen LogP contribution in [0.3, 0.4) is 0 Å². The van der Waals surface area contributed by atoms with Gasteiger partial charge in [0.2, 0.25) is 5.91 Å². The highest BCUT2D eigenvalue weighted by Crippen LogP contribution is 2.34. The van der Waals surface area contributed by atoms with Crippen molar-refractivity contribution < 1.29 is 17.9 Å². The number of carbonyl (C=O) groups is 1. The third-order valence-corrected chi connectivity index (χ3v) is 9.18. The number of para-hydroxylation sites is 1. The third kappa shape index (κ3) is 6.39. The number of likely N-dealkylation sites (N-methyl/N-ethyl adjacent to an activating group) is 1. The van der Waals surface area contributed by atoms with E-state index >= 15 is 0 Å². The van der Waals surface area contributed by atoms with E-state index in [1.165, 1.54) is 11.3 Å². The first kappa shape index (κ1) is 27.1. The van der Waals surface area contributed by atoms with E-state index in [0.717, 1.165) is 35.4 Å². The van der Waals surface area contributed by atoms with Crippen LogP contribution in [0.5, 0.6) is 5.75 Å². The van der Waals surface area contributed by atoms with E-state index in [1.54, 1.807) is 43.0 Å². The lowest BCUT2D eigenvalue weighted by molar-refractivity contribution is -0.118. The standard InChI is InChI=1S/C26H35N3O4S2/c1-6-28(7-2)16-17-29(26-27-25-22(33-8-3)10-9-11-23(25)34-26)24(30)18-20-12-14-21(15-13-20)35(31,32)19(4)5/h9-15,19H,6-8,16-18H2,1-5H3. The van der Waals surface area contributed by atoms with Gasteiger partial charge < -0.3 is 9.64 Å². The van der Waals surface area contributed by atoms with Crippen LogP contribution in [0.4, 0.5) is 5.13 Å². The van der Waals surface area contributed by atoms with E-state index in [0.29, 0.717) is 24.0 Å². The van der Waals surface area contributed by atoms with E-state index in [-0.39, 0.29) is 17.2 Å². The lowest BCUT2D eigenvalue weighted by Crippen LogP contribution is -2.39. The van der Waals surface area contributed by atoms with Crippen molar-refractivity contribution in [1.82, 2.24) is 9.88 Å². The van der Waals surface area contributed by atoms with Gasteiger partial charge in [-0.25, -0.2) is 13.4 Å². The first-order chi connectivity index (χ1) is 16.7. The summed E-state index contributed by atoms with van der Waals surface area (Å²) >= 11 is 1.48. The zero-order chi connectivity index (χ0) is 25.6. The van der Waals surface area contributed by atoms with Crippen molar-refractivity contribution >= 4 is 42.4 Å². The molecule has 2 aromatic carbocycles. The molecule has 0 unspecified atom stereocenters. The van der Waals surface area contributed by atoms with Gasteiger partial charge in [0.15, 0.2) is 15.0 Å². The molecule has 3 aromatic rings. The summed E-state index contributed by atoms with van der Waals surface area (Å²) in [5, 5.41) is 0.148. The summed E-state index contributed by atoms with van der Waals surface area (Å²) in [5.74, 6) is 0.638. The number of thiazole rings is 1. The Bertz CT molecular complexity index is 1230. The fourth-order valence-corrected chi connectivity index (χ4v) is 5.83. The van der Waals surface area contributed by atoms with E-state index in [1.807, 2.05) is 25.1 Å². The smallest absolute Gasteiger partial charge is 0.233 e. The van der Waals surface area contributed by atoms with Crippen molar-refractivity contribution in [3.05, 3.63) is 48.0 Å². The summed E-state index contributed by atoms with van der Waals surface area (Å²) in [4.78, 5) is 22.6. The van der Waals surface area contributed by atoms with Crippen molar-refractivity contribution in [2.75, 3.05) is 37.7 Å². The number of sulfone groups is 1. The van der Waals surface area contributed by atoms with Crippen LogP contribution in [0, 0.1) is 0 Å². The van der Waals surface area contributed by atoms with Crippen molar-refractivity contribution in [3.63, 3.8) is 0 Å². The predicted molar refractivity (Wildman–Crippen MR) is 143 cm³/mol. The molecule has 0 fully saturated rings. The zero-order valence-electron chi connectivity index (χ0n) is 21.2. The molecule has 0 saturated heterocycles. The van der Waals surface area contributed by atoms with Crippen LogP contribution in [0.1, 0.15) is 40.2 Å². The minimum atomic E-state index is -3.35. The molecule has 0 atom stereocenters. The van der Waals surface area contributed by atoms with E-state index in [4.69, 9.17) is 9.72 Å². The van der Waals surface area contributed by atoms with Crippen LogP contribution in [0.25, 0.3) is 10.2 Å². The first-order valence-electron chi connectivity index (χ1n) is 12.1. The van der Waals surface area contributed by atoms with E-state index in [9.17, 15) is 13.2 Å². The lowest BCUT2D eigenvalue weighted by atomic mass is 10.1. The number of carbonyl (C=O) groups excluding carboxylic acids is 1. The van der Waals surface area contributed by atoms with Crippen molar-refractivity contribution in [1.29, 1.82) is 0 Å². The Labute approximate surface area is 212 Å². The average molecular weight is 518 g/mol. The molecule has 35 heavy (non-hydrogen) atoms. The molecular weight excluding hydrogens is 482 g/mol. The molecule has 0 bridgehead atoms. The third-order valence-electron chi connectivity index (χ3n) is 5.96. The van der Waals surface area contributed by atoms with Crippen LogP contribution < -0.4 is 9.64 Å². The SMILES string of the molecule is CCOc1cccc2sc(N(CCN(CC)CC)C(=O)Cc3ccc(S(=O)(=O)C(C)C)cc3)nc12. The molecule has 1 aromatic heterocycles. The maximum Gasteiger partial charge on any atom is 0.233 e. The molecule has 0 aliphatic carbocycles. The molecule has 9 heteroatoms. The number of fused-ring (bicyclic) bond motifs is 1. The quantitative estimate of drug-likeness (QED) is 0.344. The Morgan fingerprint density at radius 2 is 1.71 bits per heavy atom. The van der Waals surface area contributed by atoms with Gasteiger partial charge in [0.1, 0.15) is 11.3 Å². The zero-order valence-corrected chi connectivity index (χ0v) is 22.8. The summed E-state index contributed by atoms with van der Waals surface area (Å²) < 4.78 is 31.6. The van der Waals surface area contributed by atoms with Crippen molar-refractivity contribution in [3.8, 4) is 5.75 Å². The summed E-state index contributed by atoms with van der Waals surface area (Å²) in [6.07, 6.45) is 0.161. The predicted octanol–water partition coefficient (Wildman–Crippen LogP) is 4.79. The first-order valence-corrected chi connectivity index (χ1v) is 14.4. The Hall–Kier alpha value is -2.49. The Morgan fingerprint density at radius 1 is 1.03 bits per heavy atom. The molecule has 190 valence electrons. The maximum atomic E-state index is 13.5. The molecule has 0 spiro atoms. The van der Waals surface area contributed by atoms with E-state index < -0.39 is 15.1 Å². The van der Waals surface area contributed by atoms with Gasteiger partial charge >= 0.3 is 0 Å². The average Bonchev–Trinajstić information content (AvgIpc) is 3.27. The molecule has 7 nitrogen and oxygen atoms in total. The van der Waals surface area contributed by atoms with Gasteiger partial charge in [-0.3, -0.25) is 9.69 Å². The van der Waals surface area contributed by atoms with Gasteiger partial charge in [0.05, 0.1) is 27.9 Å². The number of hydrogen-bond donors (Lipinski definition) is 0. The summed E-state index contributed by atoms with van der Waals surface area (Å²) in [6.45, 7) is 13.1. The van der Waals surface area contributed by atoms with Crippen molar-refractivity contribution in [2.45, 2.75) is 51.2 Å². The Balaban J connectivity index is 1.89. The van der Waals surface area contributed by atoms with Gasteiger partial charge in [-0.05, 0) is 63.7 Å². The second-order valence-corrected chi connectivity index (χ2v) is 12.0. The number of ether oxygens (including phenoxy) is 1. The fraction of sp³-hybridized carbons (Fsp3) is 0.462. The Morgan fingerprint density at radius 3 is 2.31 bits per heavy atom. The number of anilines is 1. The second-order valence-electron chi connectivity index (χ2n) is 8.52. The molecule has 1 amide bonds. The topological polar surface area (TPSA) is 79.8 Å². The maximum absolute atomic E-state index is 13.5. The molecular formula is C26H35N3O4S2. The Kier molecular flexibility index (Phi) is 9.27. The van der Waals surface area contributed by atoms with Crippen LogP contribution in [-0.2, 0) is 21.1 Å². The number of rotatable bonds is 12. The number of aromatic nitrogens is 1. The van der Waals surface area contributed by atoms with Gasteiger partial charge in [-0.15, -0.1) is 0 Å². The summed E-state index contributed by atoms with van der Waals surface area (Å²) in [5.41, 5.74) is 1.53. The minimum Gasteiger partial charge on any atom is -0.492 e. The minimum absolute atomic E-state index is 0.0753. The molecule has 0 aliphatic rings. The van der Waals surface area contributed by atoms with E-state index in [2.05, 4.69) is 18.7 Å². The van der Waals surface area contributed by atoms with Crippen LogP contribution >= 0.6 is 11.3 Å². The highest BCUT2D eigenvalue weighted by molar-refractivity contribution is 7.92. The monoisotopic (exact) mass is 517 g/mol. The van der Waals surface area contributed by atoms with Gasteiger partial charge in [0.25, 0.3) is 0 Å². The highest BCUT2D eigenvalue weighted by atomic mass is 32.2. The van der Waals surface area contributed by atoms with Crippen molar-refractivity contribution in [2.24, 2.45) is 0 Å². The van der Waals surface area contributed by atoms with Crippen LogP contribution in [0.15, 0.2) is 47.4 Å². The molecule has 0 saturated carbocycles. The largest absolute Gasteiger partial charge is 0.492 e. The number of benzene rings is 2. The molecule has 1 heterocycles. The second kappa shape index (κ2) is 12.0. The van der Waals surface area contributed by atoms with Gasteiger partial charge in [-0.2, -0.15) is 0 Å². The highest BCUT2D eigenvalue weighted by Gasteiger charge is 2.23. The molecule has 0 aliphatic heterocycles. The van der Waals surface area contributed by atoms with Gasteiger partial charge in [0, 0.05) is 13.1 Å². The summed E-state index contributed by atoms with van der Waals surface area (Å²) in [7, 11) is -3.35. The molecule has 0 radical (unpaired) electrons. The normalized spacial score (nSPS) is 12.0. The summed E-state index contributed by atoms with van der Waals surface area (Å²) in [6, 6.07) is 12.4. The molecule has 3 rings (SSSR count). The fourth-order valence-electron chi connectivity index (χ4n) is 3.75. The molecule has 0 N–H and O–H groups in total. The van der Waals surface area contributed by atoms with Crippen LogP contribution in [-0.4, -0.2) is 62.2 Å². The number of hydrogen-bond acceptors (Lipinski definition) is 7. The van der Waals surface area contributed by atoms with Crippen LogP contribution in [0.2, 0.25) is 0 Å². The number of nitrogens with zero attached hydrogens (tertiary/aromatic N) is 3. The van der Waals surface area contributed by atoms with Gasteiger partial charge in [-0.1, -0.05) is 43.4 Å². The lowest BCUT2D eigenvalue weighted by Gasteiger charge is -2.24. The number of amides is 1.